The molecule has 10 heteroatoms. The molecule has 0 spiro atoms. The highest BCUT2D eigenvalue weighted by Crippen LogP contribution is 2.31. The highest BCUT2D eigenvalue weighted by Gasteiger charge is 2.29. The second kappa shape index (κ2) is 8.70. The minimum Gasteiger partial charge on any atom is -0.462 e. The second-order valence-electron chi connectivity index (χ2n) is 7.62. The molecule has 5 rings (SSSR count). The van der Waals surface area contributed by atoms with Gasteiger partial charge in [0, 0.05) is 17.6 Å². The molecule has 2 aliphatic heterocycles. The summed E-state index contributed by atoms with van der Waals surface area (Å²) in [6, 6.07) is 9.67. The van der Waals surface area contributed by atoms with E-state index in [2.05, 4.69) is 15.4 Å². The van der Waals surface area contributed by atoms with Gasteiger partial charge in [-0.05, 0) is 37.0 Å². The number of fused-ring (bicyclic) bond motifs is 2. The molecule has 2 aromatic heterocycles. The molecule has 1 aromatic carbocycles. The summed E-state index contributed by atoms with van der Waals surface area (Å²) in [6.07, 6.45) is 1.55. The van der Waals surface area contributed by atoms with Gasteiger partial charge in [0.2, 0.25) is 5.91 Å². The average molecular weight is 463 g/mol. The summed E-state index contributed by atoms with van der Waals surface area (Å²) in [7, 11) is 0. The van der Waals surface area contributed by atoms with E-state index in [0.717, 1.165) is 40.4 Å². The van der Waals surface area contributed by atoms with Gasteiger partial charge in [0.15, 0.2) is 16.8 Å². The minimum atomic E-state index is -0.554. The predicted octanol–water partition coefficient (Wildman–Crippen LogP) is 3.49. The van der Waals surface area contributed by atoms with E-state index < -0.39 is 5.97 Å². The fraction of sp³-hybridized carbons (Fsp3) is 0.261. The zero-order chi connectivity index (χ0) is 22.9. The van der Waals surface area contributed by atoms with Gasteiger partial charge < -0.3 is 15.0 Å². The summed E-state index contributed by atoms with van der Waals surface area (Å²) >= 11 is 1.52. The number of anilines is 1. The van der Waals surface area contributed by atoms with Crippen LogP contribution in [0.5, 0.6) is 0 Å². The van der Waals surface area contributed by atoms with Gasteiger partial charge >= 0.3 is 5.97 Å². The lowest BCUT2D eigenvalue weighted by atomic mass is 10.1. The Bertz CT molecular complexity index is 1330. The van der Waals surface area contributed by atoms with Crippen molar-refractivity contribution in [1.29, 1.82) is 0 Å². The molecule has 0 saturated carbocycles. The number of aliphatic imine (C=N–C) groups is 1. The number of rotatable bonds is 6. The third kappa shape index (κ3) is 3.97. The number of hydrogen-bond donors (Lipinski definition) is 1. The van der Waals surface area contributed by atoms with E-state index in [4.69, 9.17) is 9.72 Å². The molecule has 1 amide bonds. The number of para-hydroxylation sites is 1. The molecule has 2 aliphatic rings. The lowest BCUT2D eigenvalue weighted by Gasteiger charge is -2.17. The van der Waals surface area contributed by atoms with Crippen LogP contribution in [0, 0.1) is 6.92 Å². The minimum absolute atomic E-state index is 0.156. The van der Waals surface area contributed by atoms with Crippen molar-refractivity contribution in [3.63, 3.8) is 0 Å². The Balaban J connectivity index is 1.49. The number of aryl methyl sites for hydroxylation is 1. The SMILES string of the molecule is CCOC(=O)c1cnn(-c2cc(C)c3ccccc3n2)c1NC(=O)CC1=CSC2=NCCN12. The van der Waals surface area contributed by atoms with Crippen LogP contribution in [0.3, 0.4) is 0 Å². The molecule has 3 aromatic rings. The van der Waals surface area contributed by atoms with Crippen molar-refractivity contribution < 1.29 is 14.3 Å². The van der Waals surface area contributed by atoms with E-state index in [0.29, 0.717) is 5.82 Å². The quantitative estimate of drug-likeness (QED) is 0.560. The number of esters is 1. The van der Waals surface area contributed by atoms with Crippen LogP contribution in [-0.2, 0) is 9.53 Å². The van der Waals surface area contributed by atoms with Crippen LogP contribution in [0.4, 0.5) is 5.82 Å². The number of nitrogens with one attached hydrogen (secondary N) is 1. The van der Waals surface area contributed by atoms with Crippen LogP contribution < -0.4 is 5.32 Å². The van der Waals surface area contributed by atoms with Gasteiger partial charge in [0.25, 0.3) is 0 Å². The molecular formula is C23H22N6O3S. The van der Waals surface area contributed by atoms with Gasteiger partial charge in [0.05, 0.1) is 31.3 Å². The Morgan fingerprint density at radius 2 is 2.12 bits per heavy atom. The number of ether oxygens (including phenoxy) is 1. The molecule has 1 N–H and O–H groups in total. The van der Waals surface area contributed by atoms with Crippen molar-refractivity contribution in [2.75, 3.05) is 25.0 Å². The predicted molar refractivity (Wildman–Crippen MR) is 127 cm³/mol. The molecule has 9 nitrogen and oxygen atoms in total. The van der Waals surface area contributed by atoms with Gasteiger partial charge in [-0.1, -0.05) is 30.0 Å². The lowest BCUT2D eigenvalue weighted by Crippen LogP contribution is -2.25. The number of amides is 1. The molecule has 168 valence electrons. The maximum absolute atomic E-state index is 13.0. The number of thioether (sulfide) groups is 1. The highest BCUT2D eigenvalue weighted by molar-refractivity contribution is 8.16. The van der Waals surface area contributed by atoms with Crippen LogP contribution >= 0.6 is 11.8 Å². The normalized spacial score (nSPS) is 14.8. The molecule has 0 bridgehead atoms. The average Bonchev–Trinajstić information content (AvgIpc) is 3.51. The van der Waals surface area contributed by atoms with Crippen LogP contribution in [0.25, 0.3) is 16.7 Å². The summed E-state index contributed by atoms with van der Waals surface area (Å²) in [5.74, 6) is -0.0789. The van der Waals surface area contributed by atoms with Crippen molar-refractivity contribution in [2.45, 2.75) is 20.3 Å². The molecule has 0 radical (unpaired) electrons. The van der Waals surface area contributed by atoms with Crippen LogP contribution in [0.1, 0.15) is 29.3 Å². The Kier molecular flexibility index (Phi) is 5.59. The molecule has 0 aliphatic carbocycles. The van der Waals surface area contributed by atoms with Gasteiger partial charge in [0.1, 0.15) is 5.56 Å². The molecule has 0 atom stereocenters. The van der Waals surface area contributed by atoms with Gasteiger partial charge in [-0.25, -0.2) is 9.78 Å². The fourth-order valence-electron chi connectivity index (χ4n) is 3.90. The smallest absolute Gasteiger partial charge is 0.343 e. The van der Waals surface area contributed by atoms with E-state index in [-0.39, 0.29) is 30.3 Å². The first kappa shape index (κ1) is 21.2. The summed E-state index contributed by atoms with van der Waals surface area (Å²) in [5, 5.41) is 11.1. The monoisotopic (exact) mass is 462 g/mol. The lowest BCUT2D eigenvalue weighted by molar-refractivity contribution is -0.115. The number of hydrogen-bond acceptors (Lipinski definition) is 8. The van der Waals surface area contributed by atoms with Crippen molar-refractivity contribution in [2.24, 2.45) is 4.99 Å². The fourth-order valence-corrected chi connectivity index (χ4v) is 4.85. The van der Waals surface area contributed by atoms with E-state index in [1.54, 1.807) is 6.92 Å². The van der Waals surface area contributed by atoms with Gasteiger partial charge in [-0.15, -0.1) is 0 Å². The first-order valence-electron chi connectivity index (χ1n) is 10.6. The summed E-state index contributed by atoms with van der Waals surface area (Å²) in [5.41, 5.74) is 2.87. The highest BCUT2D eigenvalue weighted by atomic mass is 32.2. The molecule has 4 heterocycles. The molecule has 0 unspecified atom stereocenters. The topological polar surface area (TPSA) is 102 Å². The molecule has 0 fully saturated rings. The van der Waals surface area contributed by atoms with Crippen LogP contribution in [0.15, 0.2) is 52.6 Å². The summed E-state index contributed by atoms with van der Waals surface area (Å²) < 4.78 is 6.66. The number of benzene rings is 1. The molecular weight excluding hydrogens is 440 g/mol. The van der Waals surface area contributed by atoms with Crippen LogP contribution in [-0.4, -0.2) is 56.4 Å². The molecule has 33 heavy (non-hydrogen) atoms. The number of pyridine rings is 1. The number of nitrogens with zero attached hydrogens (tertiary/aromatic N) is 5. The van der Waals surface area contributed by atoms with E-state index in [1.807, 2.05) is 47.6 Å². The summed E-state index contributed by atoms with van der Waals surface area (Å²) in [6.45, 7) is 5.43. The van der Waals surface area contributed by atoms with Crippen molar-refractivity contribution >= 4 is 45.5 Å². The third-order valence-electron chi connectivity index (χ3n) is 5.44. The zero-order valence-electron chi connectivity index (χ0n) is 18.2. The van der Waals surface area contributed by atoms with Gasteiger partial charge in [-0.2, -0.15) is 9.78 Å². The first-order valence-corrected chi connectivity index (χ1v) is 11.5. The molecule has 0 saturated heterocycles. The van der Waals surface area contributed by atoms with Crippen molar-refractivity contribution in [3.8, 4) is 5.82 Å². The van der Waals surface area contributed by atoms with Crippen molar-refractivity contribution in [1.82, 2.24) is 19.7 Å². The maximum atomic E-state index is 13.0. The van der Waals surface area contributed by atoms with Gasteiger partial charge in [-0.3, -0.25) is 9.79 Å². The Morgan fingerprint density at radius 1 is 1.27 bits per heavy atom. The van der Waals surface area contributed by atoms with E-state index in [9.17, 15) is 9.59 Å². The Hall–Kier alpha value is -3.66. The van der Waals surface area contributed by atoms with E-state index >= 15 is 0 Å². The standard InChI is InChI=1S/C23H22N6O3S/c1-3-32-22(31)17-12-25-29(19-10-14(2)16-6-4-5-7-18(16)26-19)21(17)27-20(30)11-15-13-33-23-24-8-9-28(15)23/h4-7,10,12-13H,3,8-9,11H2,1-2H3,(H,27,30). The summed E-state index contributed by atoms with van der Waals surface area (Å²) in [4.78, 5) is 36.7. The maximum Gasteiger partial charge on any atom is 0.343 e. The Labute approximate surface area is 194 Å². The Morgan fingerprint density at radius 3 is 2.97 bits per heavy atom. The zero-order valence-corrected chi connectivity index (χ0v) is 19.1. The number of carbonyl (C=O) groups is 2. The van der Waals surface area contributed by atoms with Crippen LogP contribution in [0.2, 0.25) is 0 Å². The first-order chi connectivity index (χ1) is 16.0. The number of carbonyl (C=O) groups excluding carboxylic acids is 2. The second-order valence-corrected chi connectivity index (χ2v) is 8.46. The van der Waals surface area contributed by atoms with Crippen molar-refractivity contribution in [3.05, 3.63) is 58.8 Å². The largest absolute Gasteiger partial charge is 0.462 e. The van der Waals surface area contributed by atoms with E-state index in [1.165, 1.54) is 22.6 Å². The third-order valence-corrected chi connectivity index (χ3v) is 6.39. The number of amidine groups is 1. The number of aromatic nitrogens is 3.